The van der Waals surface area contributed by atoms with Gasteiger partial charge in [-0.1, -0.05) is 83.3 Å². The Hall–Kier alpha value is -0.790. The van der Waals surface area contributed by atoms with Gasteiger partial charge < -0.3 is 5.11 Å². The van der Waals surface area contributed by atoms with E-state index in [0.29, 0.717) is 6.42 Å². The molecule has 0 spiro atoms. The average molecular weight is 296 g/mol. The molecule has 0 amide bonds. The zero-order valence-electron chi connectivity index (χ0n) is 14.1. The Morgan fingerprint density at radius 2 is 1.14 bits per heavy atom. The van der Waals surface area contributed by atoms with Crippen LogP contribution in [0.5, 0.6) is 0 Å². The number of allylic oxidation sites excluding steroid dienone is 2. The third-order valence-corrected chi connectivity index (χ3v) is 3.88. The summed E-state index contributed by atoms with van der Waals surface area (Å²) in [6.07, 6.45) is 22.7. The minimum absolute atomic E-state index is 0.341. The lowest BCUT2D eigenvalue weighted by atomic mass is 10.0. The Balaban J connectivity index is 3.01. The third kappa shape index (κ3) is 19.2. The van der Waals surface area contributed by atoms with Gasteiger partial charge in [0.05, 0.1) is 0 Å². The number of unbranched alkanes of at least 4 members (excludes halogenated alkanes) is 12. The topological polar surface area (TPSA) is 37.3 Å². The maximum Gasteiger partial charge on any atom is 0.303 e. The second kappa shape index (κ2) is 17.3. The van der Waals surface area contributed by atoms with Crippen molar-refractivity contribution in [3.8, 4) is 0 Å². The van der Waals surface area contributed by atoms with E-state index in [1.54, 1.807) is 0 Å². The summed E-state index contributed by atoms with van der Waals surface area (Å²) in [5.41, 5.74) is 0. The summed E-state index contributed by atoms with van der Waals surface area (Å²) in [6, 6.07) is 0. The molecule has 0 aromatic carbocycles. The van der Waals surface area contributed by atoms with Crippen molar-refractivity contribution in [3.05, 3.63) is 12.2 Å². The molecule has 0 aromatic rings. The molecule has 124 valence electrons. The molecule has 2 heteroatoms. The first-order valence-corrected chi connectivity index (χ1v) is 9.14. The van der Waals surface area contributed by atoms with Crippen LogP contribution in [0.3, 0.4) is 0 Å². The van der Waals surface area contributed by atoms with E-state index in [4.69, 9.17) is 5.11 Å². The van der Waals surface area contributed by atoms with Gasteiger partial charge in [-0.25, -0.2) is 0 Å². The van der Waals surface area contributed by atoms with Crippen molar-refractivity contribution in [1.29, 1.82) is 0 Å². The molecule has 0 fully saturated rings. The van der Waals surface area contributed by atoms with Crippen LogP contribution in [0.2, 0.25) is 0 Å². The lowest BCUT2D eigenvalue weighted by molar-refractivity contribution is -0.137. The quantitative estimate of drug-likeness (QED) is 0.261. The van der Waals surface area contributed by atoms with Crippen molar-refractivity contribution in [2.24, 2.45) is 0 Å². The number of hydrogen-bond acceptors (Lipinski definition) is 1. The minimum atomic E-state index is -0.657. The van der Waals surface area contributed by atoms with Crippen molar-refractivity contribution in [1.82, 2.24) is 0 Å². The Morgan fingerprint density at radius 3 is 1.62 bits per heavy atom. The van der Waals surface area contributed by atoms with Gasteiger partial charge in [-0.15, -0.1) is 0 Å². The first-order chi connectivity index (χ1) is 10.3. The molecule has 0 atom stereocenters. The second-order valence-corrected chi connectivity index (χ2v) is 6.08. The summed E-state index contributed by atoms with van der Waals surface area (Å²) in [5.74, 6) is -0.657. The van der Waals surface area contributed by atoms with Crippen LogP contribution in [0.25, 0.3) is 0 Å². The van der Waals surface area contributed by atoms with Crippen LogP contribution in [0.1, 0.15) is 103 Å². The van der Waals surface area contributed by atoms with E-state index in [-0.39, 0.29) is 0 Å². The Bertz CT molecular complexity index is 246. The molecule has 0 bridgehead atoms. The number of aliphatic carboxylic acids is 1. The van der Waals surface area contributed by atoms with Crippen LogP contribution < -0.4 is 0 Å². The predicted molar refractivity (Wildman–Crippen MR) is 91.7 cm³/mol. The van der Waals surface area contributed by atoms with E-state index in [9.17, 15) is 4.79 Å². The van der Waals surface area contributed by atoms with Crippen LogP contribution in [0, 0.1) is 0 Å². The van der Waals surface area contributed by atoms with Crippen LogP contribution in [0.4, 0.5) is 0 Å². The fourth-order valence-corrected chi connectivity index (χ4v) is 2.53. The SMILES string of the molecule is CCCC=CCCCCCCCCCCCCCC(=O)O. The molecule has 2 nitrogen and oxygen atoms in total. The van der Waals surface area contributed by atoms with Crippen LogP contribution in [-0.2, 0) is 4.79 Å². The monoisotopic (exact) mass is 296 g/mol. The first kappa shape index (κ1) is 20.2. The fraction of sp³-hybridized carbons (Fsp3) is 0.842. The highest BCUT2D eigenvalue weighted by molar-refractivity contribution is 5.66. The molecule has 0 rings (SSSR count). The van der Waals surface area contributed by atoms with E-state index < -0.39 is 5.97 Å². The smallest absolute Gasteiger partial charge is 0.303 e. The fourth-order valence-electron chi connectivity index (χ4n) is 2.53. The van der Waals surface area contributed by atoms with Crippen molar-refractivity contribution in [3.63, 3.8) is 0 Å². The van der Waals surface area contributed by atoms with E-state index in [2.05, 4.69) is 19.1 Å². The van der Waals surface area contributed by atoms with Crippen LogP contribution in [0.15, 0.2) is 12.2 Å². The van der Waals surface area contributed by atoms with Gasteiger partial charge in [-0.2, -0.15) is 0 Å². The van der Waals surface area contributed by atoms with E-state index in [1.807, 2.05) is 0 Å². The van der Waals surface area contributed by atoms with Crippen molar-refractivity contribution in [2.75, 3.05) is 0 Å². The number of hydrogen-bond donors (Lipinski definition) is 1. The normalized spacial score (nSPS) is 11.3. The van der Waals surface area contributed by atoms with Gasteiger partial charge in [0.1, 0.15) is 0 Å². The molecule has 0 aliphatic rings. The molecule has 21 heavy (non-hydrogen) atoms. The molecule has 0 aliphatic carbocycles. The van der Waals surface area contributed by atoms with Gasteiger partial charge in [-0.3, -0.25) is 4.79 Å². The standard InChI is InChI=1S/C19H36O2/c1-2-3-4-5-6-7-8-9-10-11-12-13-14-15-16-17-18-19(20)21/h4-5H,2-3,6-18H2,1H3,(H,20,21). The highest BCUT2D eigenvalue weighted by Crippen LogP contribution is 2.12. The van der Waals surface area contributed by atoms with E-state index >= 15 is 0 Å². The lowest BCUT2D eigenvalue weighted by Gasteiger charge is -2.02. The Morgan fingerprint density at radius 1 is 0.714 bits per heavy atom. The van der Waals surface area contributed by atoms with Crippen LogP contribution >= 0.6 is 0 Å². The van der Waals surface area contributed by atoms with Gasteiger partial charge in [0.25, 0.3) is 0 Å². The summed E-state index contributed by atoms with van der Waals surface area (Å²) >= 11 is 0. The lowest BCUT2D eigenvalue weighted by Crippen LogP contribution is -1.93. The molecule has 0 saturated heterocycles. The number of carboxylic acid groups (broad SMARTS) is 1. The molecule has 0 aliphatic heterocycles. The zero-order valence-corrected chi connectivity index (χ0v) is 14.1. The Labute approximate surface area is 132 Å². The molecule has 0 heterocycles. The van der Waals surface area contributed by atoms with Crippen LogP contribution in [-0.4, -0.2) is 11.1 Å². The van der Waals surface area contributed by atoms with Crippen molar-refractivity contribution >= 4 is 5.97 Å². The molecule has 0 saturated carbocycles. The highest BCUT2D eigenvalue weighted by Gasteiger charge is 1.96. The van der Waals surface area contributed by atoms with Gasteiger partial charge >= 0.3 is 5.97 Å². The van der Waals surface area contributed by atoms with Gasteiger partial charge in [0.15, 0.2) is 0 Å². The largest absolute Gasteiger partial charge is 0.481 e. The predicted octanol–water partition coefficient (Wildman–Crippen LogP) is 6.50. The molecule has 0 radical (unpaired) electrons. The average Bonchev–Trinajstić information content (AvgIpc) is 2.46. The third-order valence-electron chi connectivity index (χ3n) is 3.88. The first-order valence-electron chi connectivity index (χ1n) is 9.14. The molecule has 0 unspecified atom stereocenters. The summed E-state index contributed by atoms with van der Waals surface area (Å²) in [5, 5.41) is 8.53. The maximum absolute atomic E-state index is 10.3. The second-order valence-electron chi connectivity index (χ2n) is 6.08. The Kier molecular flexibility index (Phi) is 16.6. The number of carboxylic acids is 1. The van der Waals surface area contributed by atoms with E-state index in [0.717, 1.165) is 12.8 Å². The summed E-state index contributed by atoms with van der Waals surface area (Å²) in [6.45, 7) is 2.22. The summed E-state index contributed by atoms with van der Waals surface area (Å²) < 4.78 is 0. The number of rotatable bonds is 16. The summed E-state index contributed by atoms with van der Waals surface area (Å²) in [7, 11) is 0. The van der Waals surface area contributed by atoms with Gasteiger partial charge in [0.2, 0.25) is 0 Å². The van der Waals surface area contributed by atoms with Gasteiger partial charge in [-0.05, 0) is 25.7 Å². The van der Waals surface area contributed by atoms with Crippen molar-refractivity contribution in [2.45, 2.75) is 103 Å². The number of carbonyl (C=O) groups is 1. The molecule has 1 N–H and O–H groups in total. The molecular formula is C19H36O2. The summed E-state index contributed by atoms with van der Waals surface area (Å²) in [4.78, 5) is 10.3. The van der Waals surface area contributed by atoms with Crippen molar-refractivity contribution < 1.29 is 9.90 Å². The van der Waals surface area contributed by atoms with Gasteiger partial charge in [0, 0.05) is 6.42 Å². The zero-order chi connectivity index (χ0) is 15.6. The van der Waals surface area contributed by atoms with E-state index in [1.165, 1.54) is 77.0 Å². The minimum Gasteiger partial charge on any atom is -0.481 e. The maximum atomic E-state index is 10.3. The highest BCUT2D eigenvalue weighted by atomic mass is 16.4. The molecular weight excluding hydrogens is 260 g/mol. The molecule has 0 aromatic heterocycles.